The lowest BCUT2D eigenvalue weighted by Gasteiger charge is -2.32. The summed E-state index contributed by atoms with van der Waals surface area (Å²) in [6.07, 6.45) is 0. The van der Waals surface area contributed by atoms with Crippen LogP contribution in [0, 0.1) is 6.92 Å². The Labute approximate surface area is 155 Å². The summed E-state index contributed by atoms with van der Waals surface area (Å²) < 4.78 is 27.5. The second-order valence-corrected chi connectivity index (χ2v) is 7.76. The average Bonchev–Trinajstić information content (AvgIpc) is 2.79. The number of nitrogens with two attached hydrogens (primary N) is 1. The number of anilines is 1. The van der Waals surface area contributed by atoms with E-state index < -0.39 is 24.0 Å². The highest BCUT2D eigenvalue weighted by Crippen LogP contribution is 2.42. The first-order chi connectivity index (χ1) is 12.1. The largest absolute Gasteiger partial charge is 0.525 e. The van der Waals surface area contributed by atoms with Crippen LogP contribution >= 0.6 is 0 Å². The van der Waals surface area contributed by atoms with Crippen LogP contribution in [0.1, 0.15) is 44.4 Å². The molecule has 2 aromatic rings. The zero-order valence-electron chi connectivity index (χ0n) is 16.0. The third-order valence-corrected chi connectivity index (χ3v) is 5.27. The molecule has 3 rings (SSSR count). The molecule has 2 aromatic carbocycles. The monoisotopic (exact) mass is 353 g/mol. The Morgan fingerprint density at radius 3 is 2.00 bits per heavy atom. The van der Waals surface area contributed by atoms with E-state index >= 15 is 4.39 Å². The van der Waals surface area contributed by atoms with Gasteiger partial charge in [-0.1, -0.05) is 48.0 Å². The molecule has 0 radical (unpaired) electrons. The molecule has 5 heteroatoms. The minimum Gasteiger partial charge on any atom is -0.398 e. The lowest BCUT2D eigenvalue weighted by Crippen LogP contribution is -2.41. The molecule has 1 fully saturated rings. The predicted molar refractivity (Wildman–Crippen MR) is 105 cm³/mol. The Morgan fingerprint density at radius 1 is 0.923 bits per heavy atom. The number of aryl methyl sites for hydroxylation is 1. The molecule has 0 aliphatic carbocycles. The van der Waals surface area contributed by atoms with Crippen LogP contribution in [0.3, 0.4) is 0 Å². The van der Waals surface area contributed by atoms with E-state index in [1.807, 2.05) is 77.1 Å². The number of nitrogen functional groups attached to an aromatic ring is 1. The smallest absolute Gasteiger partial charge is 0.398 e. The summed E-state index contributed by atoms with van der Waals surface area (Å²) in [6.45, 7) is 9.62. The second kappa shape index (κ2) is 6.56. The van der Waals surface area contributed by atoms with E-state index in [0.29, 0.717) is 16.8 Å². The number of benzene rings is 2. The van der Waals surface area contributed by atoms with Crippen LogP contribution in [-0.4, -0.2) is 18.3 Å². The van der Waals surface area contributed by atoms with Crippen LogP contribution in [0.15, 0.2) is 54.3 Å². The van der Waals surface area contributed by atoms with Gasteiger partial charge in [-0.3, -0.25) is 0 Å². The van der Waals surface area contributed by atoms with Gasteiger partial charge in [0.2, 0.25) is 0 Å². The molecule has 0 unspecified atom stereocenters. The number of para-hydroxylation sites is 1. The molecule has 2 N–H and O–H groups in total. The average molecular weight is 353 g/mol. The van der Waals surface area contributed by atoms with Crippen LogP contribution in [0.25, 0.3) is 5.57 Å². The van der Waals surface area contributed by atoms with Gasteiger partial charge in [0.1, 0.15) is 5.73 Å². The molecule has 3 nitrogen and oxygen atoms in total. The fraction of sp³-hybridized carbons (Fsp3) is 0.333. The summed E-state index contributed by atoms with van der Waals surface area (Å²) in [6, 6.07) is 14.9. The molecule has 0 atom stereocenters. The number of halogens is 1. The minimum absolute atomic E-state index is 0.404. The van der Waals surface area contributed by atoms with Crippen LogP contribution in [-0.2, 0) is 9.31 Å². The van der Waals surface area contributed by atoms with Crippen molar-refractivity contribution in [3.63, 3.8) is 0 Å². The zero-order valence-corrected chi connectivity index (χ0v) is 16.0. The SMILES string of the molecule is Cc1ccc(C(=C(F)B2OC(C)(C)C(C)(C)O2)c2ccccc2N)cc1. The van der Waals surface area contributed by atoms with Gasteiger partial charge in [-0.2, -0.15) is 0 Å². The molecule has 0 saturated carbocycles. The van der Waals surface area contributed by atoms with Crippen molar-refractivity contribution in [1.82, 2.24) is 0 Å². The highest BCUT2D eigenvalue weighted by molar-refractivity contribution is 6.55. The first-order valence-electron chi connectivity index (χ1n) is 8.79. The van der Waals surface area contributed by atoms with E-state index in [0.717, 1.165) is 11.1 Å². The van der Waals surface area contributed by atoms with Gasteiger partial charge in [0.05, 0.1) is 11.2 Å². The van der Waals surface area contributed by atoms with Crippen molar-refractivity contribution >= 4 is 18.4 Å². The maximum absolute atomic E-state index is 15.7. The Balaban J connectivity index is 2.16. The molecule has 0 aromatic heterocycles. The molecule has 136 valence electrons. The topological polar surface area (TPSA) is 44.5 Å². The van der Waals surface area contributed by atoms with Gasteiger partial charge in [-0.05, 0) is 46.2 Å². The number of hydrogen-bond donors (Lipinski definition) is 1. The Morgan fingerprint density at radius 2 is 1.46 bits per heavy atom. The zero-order chi connectivity index (χ0) is 19.1. The van der Waals surface area contributed by atoms with Gasteiger partial charge in [-0.15, -0.1) is 0 Å². The molecule has 1 aliphatic heterocycles. The highest BCUT2D eigenvalue weighted by atomic mass is 19.1. The minimum atomic E-state index is -1.07. The van der Waals surface area contributed by atoms with Crippen molar-refractivity contribution in [3.05, 3.63) is 70.9 Å². The van der Waals surface area contributed by atoms with Crippen LogP contribution in [0.4, 0.5) is 10.1 Å². The first kappa shape index (κ1) is 18.7. The van der Waals surface area contributed by atoms with Gasteiger partial charge >= 0.3 is 7.12 Å². The summed E-state index contributed by atoms with van der Waals surface area (Å²) in [7, 11) is -1.07. The second-order valence-electron chi connectivity index (χ2n) is 7.76. The maximum atomic E-state index is 15.7. The summed E-state index contributed by atoms with van der Waals surface area (Å²) >= 11 is 0. The maximum Gasteiger partial charge on any atom is 0.525 e. The van der Waals surface area contributed by atoms with E-state index in [2.05, 4.69) is 0 Å². The van der Waals surface area contributed by atoms with Crippen molar-refractivity contribution in [2.75, 3.05) is 5.73 Å². The quantitative estimate of drug-likeness (QED) is 0.628. The third-order valence-electron chi connectivity index (χ3n) is 5.27. The molecule has 26 heavy (non-hydrogen) atoms. The van der Waals surface area contributed by atoms with Crippen LogP contribution in [0.2, 0.25) is 0 Å². The molecule has 1 aliphatic rings. The molecule has 1 heterocycles. The van der Waals surface area contributed by atoms with Gasteiger partial charge in [0.15, 0.2) is 0 Å². The summed E-state index contributed by atoms with van der Waals surface area (Å²) in [4.78, 5) is 0. The van der Waals surface area contributed by atoms with Crippen molar-refractivity contribution in [2.45, 2.75) is 45.8 Å². The normalized spacial score (nSPS) is 19.4. The molecule has 0 amide bonds. The van der Waals surface area contributed by atoms with Crippen molar-refractivity contribution in [1.29, 1.82) is 0 Å². The van der Waals surface area contributed by atoms with Gasteiger partial charge in [-0.25, -0.2) is 4.39 Å². The molecular formula is C21H25BFNO2. The molecule has 0 bridgehead atoms. The Bertz CT molecular complexity index is 827. The Hall–Kier alpha value is -2.11. The summed E-state index contributed by atoms with van der Waals surface area (Å²) in [5.41, 5.74) is 7.83. The fourth-order valence-electron chi connectivity index (χ4n) is 2.93. The van der Waals surface area contributed by atoms with E-state index in [1.54, 1.807) is 6.07 Å². The predicted octanol–water partition coefficient (Wildman–Crippen LogP) is 4.94. The standard InChI is InChI=1S/C21H25BFNO2/c1-14-10-12-15(13-11-14)18(16-8-6-7-9-17(16)24)19(23)22-25-20(2,3)21(4,5)26-22/h6-13H,24H2,1-5H3. The van der Waals surface area contributed by atoms with Gasteiger partial charge in [0.25, 0.3) is 0 Å². The van der Waals surface area contributed by atoms with E-state index in [4.69, 9.17) is 15.0 Å². The van der Waals surface area contributed by atoms with Crippen LogP contribution < -0.4 is 5.73 Å². The van der Waals surface area contributed by atoms with Crippen molar-refractivity contribution < 1.29 is 13.7 Å². The third kappa shape index (κ3) is 3.29. The van der Waals surface area contributed by atoms with Crippen LogP contribution in [0.5, 0.6) is 0 Å². The van der Waals surface area contributed by atoms with E-state index in [9.17, 15) is 0 Å². The lowest BCUT2D eigenvalue weighted by atomic mass is 9.80. The number of rotatable bonds is 3. The number of hydrogen-bond acceptors (Lipinski definition) is 3. The molecule has 0 spiro atoms. The van der Waals surface area contributed by atoms with Gasteiger partial charge in [0, 0.05) is 16.8 Å². The van der Waals surface area contributed by atoms with Crippen molar-refractivity contribution in [3.8, 4) is 0 Å². The summed E-state index contributed by atoms with van der Waals surface area (Å²) in [5, 5.41) is 0. The fourth-order valence-corrected chi connectivity index (χ4v) is 2.93. The van der Waals surface area contributed by atoms with Gasteiger partial charge < -0.3 is 15.0 Å². The molecular weight excluding hydrogens is 328 g/mol. The Kier molecular flexibility index (Phi) is 4.71. The first-order valence-corrected chi connectivity index (χ1v) is 8.79. The highest BCUT2D eigenvalue weighted by Gasteiger charge is 2.53. The van der Waals surface area contributed by atoms with Crippen molar-refractivity contribution in [2.24, 2.45) is 0 Å². The van der Waals surface area contributed by atoms with E-state index in [1.165, 1.54) is 0 Å². The summed E-state index contributed by atoms with van der Waals surface area (Å²) in [5.74, 6) is 0. The lowest BCUT2D eigenvalue weighted by molar-refractivity contribution is 0.00578. The molecule has 1 saturated heterocycles. The van der Waals surface area contributed by atoms with E-state index in [-0.39, 0.29) is 0 Å².